The highest BCUT2D eigenvalue weighted by Crippen LogP contribution is 2.67. The zero-order chi connectivity index (χ0) is 20.2. The molecular weight excluding hydrogens is 362 g/mol. The first-order valence-corrected chi connectivity index (χ1v) is 10.3. The number of nitrogens with zero attached hydrogens (tertiary/aromatic N) is 2. The minimum absolute atomic E-state index is 0.0735. The molecule has 3 N–H and O–H groups in total. The van der Waals surface area contributed by atoms with Gasteiger partial charge in [0, 0.05) is 41.4 Å². The Bertz CT molecular complexity index is 1090. The highest BCUT2D eigenvalue weighted by atomic mass is 16.3. The lowest BCUT2D eigenvalue weighted by molar-refractivity contribution is -0.152. The number of carbonyl (C=O) groups is 1. The standard InChI is InChI=1S/C24H25N3O2/c1-14-11-17(22(28)21-16(14)6-3-10-27-21)19(15-5-2-9-26-13-15)20-18(23(25)29)12-24(20)7-4-8-24/h2-3,5-6,9-11,13,18-20,28H,4,7-8,12H2,1H3,(H2,25,29). The minimum Gasteiger partial charge on any atom is -0.505 e. The molecule has 1 spiro atoms. The maximum Gasteiger partial charge on any atom is 0.220 e. The van der Waals surface area contributed by atoms with Crippen molar-refractivity contribution in [1.82, 2.24) is 9.97 Å². The highest BCUT2D eigenvalue weighted by molar-refractivity contribution is 5.89. The third kappa shape index (κ3) is 2.64. The van der Waals surface area contributed by atoms with Crippen LogP contribution in [0.4, 0.5) is 0 Å². The van der Waals surface area contributed by atoms with E-state index in [0.717, 1.165) is 41.3 Å². The van der Waals surface area contributed by atoms with E-state index in [2.05, 4.69) is 16.0 Å². The number of pyridine rings is 2. The summed E-state index contributed by atoms with van der Waals surface area (Å²) in [5.74, 6) is -0.286. The van der Waals surface area contributed by atoms with E-state index < -0.39 is 0 Å². The molecule has 0 aliphatic heterocycles. The molecule has 0 saturated heterocycles. The van der Waals surface area contributed by atoms with Gasteiger partial charge < -0.3 is 10.8 Å². The monoisotopic (exact) mass is 387 g/mol. The third-order valence-electron chi connectivity index (χ3n) is 7.32. The third-order valence-corrected chi connectivity index (χ3v) is 7.32. The fourth-order valence-electron chi connectivity index (χ4n) is 5.80. The molecule has 5 rings (SSSR count). The summed E-state index contributed by atoms with van der Waals surface area (Å²) in [4.78, 5) is 21.1. The molecule has 2 fully saturated rings. The normalized spacial score (nSPS) is 23.3. The van der Waals surface area contributed by atoms with Crippen molar-refractivity contribution in [1.29, 1.82) is 0 Å². The van der Waals surface area contributed by atoms with E-state index >= 15 is 0 Å². The molecular formula is C24H25N3O2. The Hall–Kier alpha value is -2.95. The molecule has 3 aromatic rings. The van der Waals surface area contributed by atoms with Crippen LogP contribution in [0.25, 0.3) is 10.9 Å². The van der Waals surface area contributed by atoms with Gasteiger partial charge in [-0.25, -0.2) is 0 Å². The fourth-order valence-corrected chi connectivity index (χ4v) is 5.80. The molecule has 0 bridgehead atoms. The zero-order valence-electron chi connectivity index (χ0n) is 16.5. The molecule has 2 aromatic heterocycles. The van der Waals surface area contributed by atoms with Crippen LogP contribution in [0.15, 0.2) is 48.9 Å². The number of phenolic OH excluding ortho intramolecular Hbond substituents is 1. The average molecular weight is 387 g/mol. The Morgan fingerprint density at radius 3 is 2.72 bits per heavy atom. The van der Waals surface area contributed by atoms with Crippen molar-refractivity contribution < 1.29 is 9.90 Å². The molecule has 3 atom stereocenters. The summed E-state index contributed by atoms with van der Waals surface area (Å²) in [7, 11) is 0. The average Bonchev–Trinajstić information content (AvgIpc) is 2.67. The summed E-state index contributed by atoms with van der Waals surface area (Å²) in [6, 6.07) is 9.86. The number of fused-ring (bicyclic) bond motifs is 1. The molecule has 5 heteroatoms. The van der Waals surface area contributed by atoms with Gasteiger partial charge in [0.25, 0.3) is 0 Å². The van der Waals surface area contributed by atoms with Crippen LogP contribution in [-0.2, 0) is 4.79 Å². The summed E-state index contributed by atoms with van der Waals surface area (Å²) >= 11 is 0. The van der Waals surface area contributed by atoms with Crippen LogP contribution in [0.3, 0.4) is 0 Å². The first kappa shape index (κ1) is 18.1. The molecule has 3 unspecified atom stereocenters. The van der Waals surface area contributed by atoms with Crippen LogP contribution >= 0.6 is 0 Å². The van der Waals surface area contributed by atoms with Crippen LogP contribution in [0, 0.1) is 24.2 Å². The zero-order valence-corrected chi connectivity index (χ0v) is 16.5. The lowest BCUT2D eigenvalue weighted by Crippen LogP contribution is -2.58. The SMILES string of the molecule is Cc1cc(C(c2cccnc2)C2C(C(N)=O)CC23CCC3)c(O)c2ncccc12. The van der Waals surface area contributed by atoms with Crippen LogP contribution in [-0.4, -0.2) is 21.0 Å². The summed E-state index contributed by atoms with van der Waals surface area (Å²) < 4.78 is 0. The van der Waals surface area contributed by atoms with Gasteiger partial charge in [-0.3, -0.25) is 14.8 Å². The fraction of sp³-hybridized carbons (Fsp3) is 0.375. The topological polar surface area (TPSA) is 89.1 Å². The summed E-state index contributed by atoms with van der Waals surface area (Å²) in [5.41, 5.74) is 9.45. The summed E-state index contributed by atoms with van der Waals surface area (Å²) in [6.45, 7) is 2.04. The number of amides is 1. The van der Waals surface area contributed by atoms with Gasteiger partial charge in [0.15, 0.2) is 0 Å². The quantitative estimate of drug-likeness (QED) is 0.706. The van der Waals surface area contributed by atoms with Gasteiger partial charge in [0.05, 0.1) is 0 Å². The van der Waals surface area contributed by atoms with Crippen LogP contribution < -0.4 is 5.73 Å². The number of phenols is 1. The van der Waals surface area contributed by atoms with E-state index in [-0.39, 0.29) is 34.8 Å². The molecule has 2 aliphatic rings. The van der Waals surface area contributed by atoms with Crippen molar-refractivity contribution in [3.8, 4) is 5.75 Å². The van der Waals surface area contributed by atoms with Crippen molar-refractivity contribution in [2.24, 2.45) is 23.0 Å². The Morgan fingerprint density at radius 1 is 1.28 bits per heavy atom. The maximum atomic E-state index is 12.3. The van der Waals surface area contributed by atoms with E-state index in [0.29, 0.717) is 5.52 Å². The number of hydrogen-bond acceptors (Lipinski definition) is 4. The van der Waals surface area contributed by atoms with Gasteiger partial charge in [-0.15, -0.1) is 0 Å². The van der Waals surface area contributed by atoms with E-state index in [1.54, 1.807) is 12.4 Å². The number of benzene rings is 1. The molecule has 2 aliphatic carbocycles. The van der Waals surface area contributed by atoms with Crippen molar-refractivity contribution in [2.45, 2.75) is 38.5 Å². The van der Waals surface area contributed by atoms with Crippen molar-refractivity contribution in [3.05, 3.63) is 65.6 Å². The van der Waals surface area contributed by atoms with Gasteiger partial charge in [0.2, 0.25) is 5.91 Å². The predicted molar refractivity (Wildman–Crippen MR) is 111 cm³/mol. The Morgan fingerprint density at radius 2 is 2.07 bits per heavy atom. The number of nitrogens with two attached hydrogens (primary N) is 1. The van der Waals surface area contributed by atoms with Crippen LogP contribution in [0.1, 0.15) is 48.3 Å². The number of aromatic nitrogens is 2. The van der Waals surface area contributed by atoms with Crippen molar-refractivity contribution in [3.63, 3.8) is 0 Å². The lowest BCUT2D eigenvalue weighted by Gasteiger charge is -2.62. The summed E-state index contributed by atoms with van der Waals surface area (Å²) in [6.07, 6.45) is 9.58. The van der Waals surface area contributed by atoms with Crippen LogP contribution in [0.5, 0.6) is 5.75 Å². The number of aryl methyl sites for hydroxylation is 1. The second kappa shape index (κ2) is 6.55. The highest BCUT2D eigenvalue weighted by Gasteiger charge is 2.61. The number of primary amides is 1. The van der Waals surface area contributed by atoms with Crippen LogP contribution in [0.2, 0.25) is 0 Å². The smallest absolute Gasteiger partial charge is 0.220 e. The maximum absolute atomic E-state index is 12.3. The molecule has 1 amide bonds. The molecule has 2 saturated carbocycles. The number of hydrogen-bond donors (Lipinski definition) is 2. The van der Waals surface area contributed by atoms with Crippen molar-refractivity contribution in [2.75, 3.05) is 0 Å². The molecule has 29 heavy (non-hydrogen) atoms. The van der Waals surface area contributed by atoms with E-state index in [1.165, 1.54) is 6.42 Å². The Labute approximate surface area is 170 Å². The van der Waals surface area contributed by atoms with Gasteiger partial charge in [-0.1, -0.05) is 24.6 Å². The molecule has 1 aromatic carbocycles. The lowest BCUT2D eigenvalue weighted by atomic mass is 9.41. The van der Waals surface area contributed by atoms with E-state index in [9.17, 15) is 9.90 Å². The first-order chi connectivity index (χ1) is 14.0. The number of rotatable bonds is 4. The van der Waals surface area contributed by atoms with Gasteiger partial charge in [0.1, 0.15) is 11.3 Å². The predicted octanol–water partition coefficient (Wildman–Crippen LogP) is 4.07. The van der Waals surface area contributed by atoms with Crippen molar-refractivity contribution >= 4 is 16.8 Å². The summed E-state index contributed by atoms with van der Waals surface area (Å²) in [5, 5.41) is 12.2. The number of carbonyl (C=O) groups excluding carboxylic acids is 1. The van der Waals surface area contributed by atoms with E-state index in [1.807, 2.05) is 37.4 Å². The largest absolute Gasteiger partial charge is 0.505 e. The molecule has 5 nitrogen and oxygen atoms in total. The Balaban J connectivity index is 1.73. The first-order valence-electron chi connectivity index (χ1n) is 10.3. The van der Waals surface area contributed by atoms with Gasteiger partial charge in [-0.2, -0.15) is 0 Å². The molecule has 148 valence electrons. The molecule has 2 heterocycles. The van der Waals surface area contributed by atoms with Gasteiger partial charge in [-0.05, 0) is 60.8 Å². The minimum atomic E-state index is -0.239. The number of aromatic hydroxyl groups is 1. The Kier molecular flexibility index (Phi) is 4.09. The second-order valence-electron chi connectivity index (χ2n) is 8.75. The van der Waals surface area contributed by atoms with Gasteiger partial charge >= 0.3 is 0 Å². The second-order valence-corrected chi connectivity index (χ2v) is 8.75. The van der Waals surface area contributed by atoms with E-state index in [4.69, 9.17) is 5.73 Å². The molecule has 0 radical (unpaired) electrons.